The summed E-state index contributed by atoms with van der Waals surface area (Å²) < 4.78 is 2.03. The molecule has 0 bridgehead atoms. The molecule has 0 radical (unpaired) electrons. The van der Waals surface area contributed by atoms with Crippen molar-refractivity contribution in [2.45, 2.75) is 11.6 Å². The van der Waals surface area contributed by atoms with Crippen molar-refractivity contribution in [3.05, 3.63) is 47.2 Å². The quantitative estimate of drug-likeness (QED) is 0.776. The van der Waals surface area contributed by atoms with Crippen molar-refractivity contribution in [2.24, 2.45) is 7.05 Å². The van der Waals surface area contributed by atoms with E-state index in [0.717, 1.165) is 22.4 Å². The van der Waals surface area contributed by atoms with Gasteiger partial charge in [0.2, 0.25) is 0 Å². The highest BCUT2D eigenvalue weighted by molar-refractivity contribution is 7.99. The SMILES string of the molecule is Cn1ccnc1SCCc1ccccc1Cl. The highest BCUT2D eigenvalue weighted by atomic mass is 35.5. The van der Waals surface area contributed by atoms with Crippen LogP contribution in [0.5, 0.6) is 0 Å². The topological polar surface area (TPSA) is 17.8 Å². The number of rotatable bonds is 4. The van der Waals surface area contributed by atoms with Gasteiger partial charge in [0.05, 0.1) is 0 Å². The summed E-state index contributed by atoms with van der Waals surface area (Å²) in [5.74, 6) is 0.995. The van der Waals surface area contributed by atoms with Crippen molar-refractivity contribution in [2.75, 3.05) is 5.75 Å². The maximum absolute atomic E-state index is 6.09. The van der Waals surface area contributed by atoms with E-state index < -0.39 is 0 Å². The Morgan fingerprint density at radius 3 is 2.88 bits per heavy atom. The fourth-order valence-electron chi connectivity index (χ4n) is 1.44. The molecule has 0 saturated heterocycles. The van der Waals surface area contributed by atoms with Gasteiger partial charge in [0, 0.05) is 30.2 Å². The summed E-state index contributed by atoms with van der Waals surface area (Å²) in [6.45, 7) is 0. The Bertz CT molecular complexity index is 468. The largest absolute Gasteiger partial charge is 0.329 e. The van der Waals surface area contributed by atoms with Gasteiger partial charge in [-0.3, -0.25) is 0 Å². The Hall–Kier alpha value is -0.930. The lowest BCUT2D eigenvalue weighted by Gasteiger charge is -2.03. The van der Waals surface area contributed by atoms with Crippen LogP contribution >= 0.6 is 23.4 Å². The van der Waals surface area contributed by atoms with E-state index >= 15 is 0 Å². The maximum atomic E-state index is 6.09. The fraction of sp³-hybridized carbons (Fsp3) is 0.250. The molecule has 1 aromatic carbocycles. The Morgan fingerprint density at radius 2 is 2.19 bits per heavy atom. The summed E-state index contributed by atoms with van der Waals surface area (Å²) in [5.41, 5.74) is 1.20. The summed E-state index contributed by atoms with van der Waals surface area (Å²) >= 11 is 7.84. The molecule has 0 N–H and O–H groups in total. The van der Waals surface area contributed by atoms with Gasteiger partial charge < -0.3 is 4.57 Å². The van der Waals surface area contributed by atoms with Crippen molar-refractivity contribution < 1.29 is 0 Å². The van der Waals surface area contributed by atoms with Gasteiger partial charge >= 0.3 is 0 Å². The van der Waals surface area contributed by atoms with Gasteiger partial charge in [0.25, 0.3) is 0 Å². The molecule has 0 spiro atoms. The van der Waals surface area contributed by atoms with E-state index in [4.69, 9.17) is 11.6 Å². The lowest BCUT2D eigenvalue weighted by molar-refractivity contribution is 0.789. The molecule has 84 valence electrons. The smallest absolute Gasteiger partial charge is 0.167 e. The first-order chi connectivity index (χ1) is 7.77. The van der Waals surface area contributed by atoms with Crippen LogP contribution in [0.25, 0.3) is 0 Å². The normalized spacial score (nSPS) is 10.6. The second-order valence-corrected chi connectivity index (χ2v) is 4.98. The number of aromatic nitrogens is 2. The highest BCUT2D eigenvalue weighted by Crippen LogP contribution is 2.20. The van der Waals surface area contributed by atoms with Crippen molar-refractivity contribution in [1.82, 2.24) is 9.55 Å². The maximum Gasteiger partial charge on any atom is 0.167 e. The zero-order valence-electron chi connectivity index (χ0n) is 9.06. The molecule has 4 heteroatoms. The summed E-state index contributed by atoms with van der Waals surface area (Å²) in [6, 6.07) is 7.98. The minimum atomic E-state index is 0.850. The minimum Gasteiger partial charge on any atom is -0.329 e. The number of hydrogen-bond acceptors (Lipinski definition) is 2. The predicted molar refractivity (Wildman–Crippen MR) is 69.1 cm³/mol. The first kappa shape index (κ1) is 11.6. The van der Waals surface area contributed by atoms with Crippen LogP contribution in [0.15, 0.2) is 41.8 Å². The van der Waals surface area contributed by atoms with Crippen molar-refractivity contribution in [3.63, 3.8) is 0 Å². The number of nitrogens with zero attached hydrogens (tertiary/aromatic N) is 2. The number of halogens is 1. The minimum absolute atomic E-state index is 0.850. The number of hydrogen-bond donors (Lipinski definition) is 0. The van der Waals surface area contributed by atoms with Crippen molar-refractivity contribution >= 4 is 23.4 Å². The lowest BCUT2D eigenvalue weighted by Crippen LogP contribution is -1.93. The molecule has 0 amide bonds. The van der Waals surface area contributed by atoms with E-state index in [9.17, 15) is 0 Å². The Morgan fingerprint density at radius 1 is 1.38 bits per heavy atom. The number of thioether (sulfide) groups is 1. The molecule has 0 unspecified atom stereocenters. The fourth-order valence-corrected chi connectivity index (χ4v) is 2.58. The van der Waals surface area contributed by atoms with E-state index in [1.165, 1.54) is 5.56 Å². The molecule has 2 rings (SSSR count). The van der Waals surface area contributed by atoms with Crippen LogP contribution in [0.4, 0.5) is 0 Å². The van der Waals surface area contributed by atoms with E-state index in [-0.39, 0.29) is 0 Å². The lowest BCUT2D eigenvalue weighted by atomic mass is 10.2. The molecule has 0 saturated carbocycles. The number of benzene rings is 1. The van der Waals surface area contributed by atoms with Crippen LogP contribution in [-0.2, 0) is 13.5 Å². The molecule has 0 aliphatic carbocycles. The van der Waals surface area contributed by atoms with Gasteiger partial charge in [0.1, 0.15) is 0 Å². The van der Waals surface area contributed by atoms with Gasteiger partial charge in [-0.05, 0) is 18.1 Å². The molecule has 1 aromatic heterocycles. The molecular weight excluding hydrogens is 240 g/mol. The van der Waals surface area contributed by atoms with Gasteiger partial charge in [-0.25, -0.2) is 4.98 Å². The van der Waals surface area contributed by atoms with Crippen molar-refractivity contribution in [3.8, 4) is 0 Å². The van der Waals surface area contributed by atoms with Crippen LogP contribution < -0.4 is 0 Å². The first-order valence-corrected chi connectivity index (χ1v) is 6.47. The second-order valence-electron chi connectivity index (χ2n) is 3.51. The molecular formula is C12H13ClN2S. The zero-order valence-corrected chi connectivity index (χ0v) is 10.6. The standard InChI is InChI=1S/C12H13ClN2S/c1-15-8-7-14-12(15)16-9-6-10-4-2-3-5-11(10)13/h2-5,7-8H,6,9H2,1H3. The summed E-state index contributed by atoms with van der Waals surface area (Å²) in [6.07, 6.45) is 4.74. The van der Waals surface area contributed by atoms with Crippen LogP contribution in [-0.4, -0.2) is 15.3 Å². The van der Waals surface area contributed by atoms with Crippen LogP contribution in [0.1, 0.15) is 5.56 Å². The molecule has 2 aromatic rings. The van der Waals surface area contributed by atoms with E-state index in [1.807, 2.05) is 42.2 Å². The summed E-state index contributed by atoms with van der Waals surface area (Å²) in [7, 11) is 2.00. The van der Waals surface area contributed by atoms with E-state index in [1.54, 1.807) is 11.8 Å². The van der Waals surface area contributed by atoms with Crippen LogP contribution in [0, 0.1) is 0 Å². The van der Waals surface area contributed by atoms with Gasteiger partial charge in [-0.1, -0.05) is 41.6 Å². The van der Waals surface area contributed by atoms with Gasteiger partial charge in [-0.2, -0.15) is 0 Å². The van der Waals surface area contributed by atoms with Crippen LogP contribution in [0.2, 0.25) is 5.02 Å². The number of aryl methyl sites for hydroxylation is 2. The third-order valence-corrected chi connectivity index (χ3v) is 3.77. The molecule has 16 heavy (non-hydrogen) atoms. The molecule has 2 nitrogen and oxygen atoms in total. The summed E-state index contributed by atoms with van der Waals surface area (Å²) in [5, 5.41) is 1.90. The monoisotopic (exact) mass is 252 g/mol. The van der Waals surface area contributed by atoms with Crippen LogP contribution in [0.3, 0.4) is 0 Å². The molecule has 0 fully saturated rings. The summed E-state index contributed by atoms with van der Waals surface area (Å²) in [4.78, 5) is 4.26. The highest BCUT2D eigenvalue weighted by Gasteiger charge is 2.02. The van der Waals surface area contributed by atoms with Gasteiger partial charge in [0.15, 0.2) is 5.16 Å². The zero-order chi connectivity index (χ0) is 11.4. The molecule has 0 atom stereocenters. The van der Waals surface area contributed by atoms with E-state index in [0.29, 0.717) is 0 Å². The second kappa shape index (κ2) is 5.41. The average Bonchev–Trinajstić information content (AvgIpc) is 2.67. The Kier molecular flexibility index (Phi) is 3.91. The van der Waals surface area contributed by atoms with E-state index in [2.05, 4.69) is 11.1 Å². The average molecular weight is 253 g/mol. The third-order valence-electron chi connectivity index (χ3n) is 2.34. The Labute approximate surface area is 105 Å². The molecule has 0 aliphatic rings. The molecule has 0 aliphatic heterocycles. The Balaban J connectivity index is 1.89. The third kappa shape index (κ3) is 2.80. The first-order valence-electron chi connectivity index (χ1n) is 5.11. The molecule has 1 heterocycles. The predicted octanol–water partition coefficient (Wildman–Crippen LogP) is 3.41. The number of imidazole rings is 1. The van der Waals surface area contributed by atoms with Gasteiger partial charge in [-0.15, -0.1) is 0 Å². The van der Waals surface area contributed by atoms with Crippen molar-refractivity contribution in [1.29, 1.82) is 0 Å².